The molecule has 2 rings (SSSR count). The van der Waals surface area contributed by atoms with Gasteiger partial charge in [0.25, 0.3) is 0 Å². The Labute approximate surface area is 113 Å². The molecule has 0 unspecified atom stereocenters. The fraction of sp³-hybridized carbons (Fsp3) is 0.143. The van der Waals surface area contributed by atoms with Crippen molar-refractivity contribution in [3.05, 3.63) is 63.6 Å². The van der Waals surface area contributed by atoms with Gasteiger partial charge in [-0.1, -0.05) is 6.07 Å². The smallest absolute Gasteiger partial charge is 0.139 e. The van der Waals surface area contributed by atoms with E-state index >= 15 is 0 Å². The summed E-state index contributed by atoms with van der Waals surface area (Å²) in [7, 11) is 0. The van der Waals surface area contributed by atoms with Crippen molar-refractivity contribution in [1.29, 1.82) is 0 Å². The topological polar surface area (TPSA) is 12.0 Å². The molecule has 94 valence electrons. The summed E-state index contributed by atoms with van der Waals surface area (Å²) >= 11 is 3.09. The maximum Gasteiger partial charge on any atom is 0.139 e. The van der Waals surface area contributed by atoms with Gasteiger partial charge < -0.3 is 5.32 Å². The van der Waals surface area contributed by atoms with Gasteiger partial charge in [-0.15, -0.1) is 0 Å². The van der Waals surface area contributed by atoms with Crippen LogP contribution in [0.4, 0.5) is 14.5 Å². The minimum atomic E-state index is -0.323. The van der Waals surface area contributed by atoms with E-state index in [1.54, 1.807) is 18.2 Å². The fourth-order valence-corrected chi connectivity index (χ4v) is 1.88. The molecule has 0 aliphatic rings. The Morgan fingerprint density at radius 2 is 1.89 bits per heavy atom. The van der Waals surface area contributed by atoms with Crippen LogP contribution < -0.4 is 5.32 Å². The number of halogens is 3. The standard InChI is InChI=1S/C14H12BrF2N/c1-9-2-3-11(16)6-10(9)8-18-12-4-5-13(15)14(17)7-12/h2-7,18H,8H2,1H3. The Hall–Kier alpha value is -1.42. The SMILES string of the molecule is Cc1ccc(F)cc1CNc1ccc(Br)c(F)c1. The van der Waals surface area contributed by atoms with Gasteiger partial charge in [-0.2, -0.15) is 0 Å². The van der Waals surface area contributed by atoms with E-state index in [0.29, 0.717) is 16.7 Å². The second-order valence-electron chi connectivity index (χ2n) is 4.05. The third-order valence-corrected chi connectivity index (χ3v) is 3.36. The van der Waals surface area contributed by atoms with E-state index in [1.807, 2.05) is 6.92 Å². The molecule has 2 aromatic rings. The molecule has 0 aliphatic carbocycles. The molecule has 0 aromatic heterocycles. The Morgan fingerprint density at radius 3 is 2.61 bits per heavy atom. The number of aryl methyl sites for hydroxylation is 1. The molecular weight excluding hydrogens is 300 g/mol. The predicted octanol–water partition coefficient (Wildman–Crippen LogP) is 4.65. The molecule has 0 amide bonds. The van der Waals surface area contributed by atoms with Gasteiger partial charge in [0.1, 0.15) is 11.6 Å². The fourth-order valence-electron chi connectivity index (χ4n) is 1.63. The molecule has 0 aliphatic heterocycles. The summed E-state index contributed by atoms with van der Waals surface area (Å²) in [5.41, 5.74) is 2.53. The summed E-state index contributed by atoms with van der Waals surface area (Å²) in [6, 6.07) is 9.45. The van der Waals surface area contributed by atoms with E-state index in [4.69, 9.17) is 0 Å². The van der Waals surface area contributed by atoms with Crippen molar-refractivity contribution in [2.45, 2.75) is 13.5 Å². The van der Waals surface area contributed by atoms with Gasteiger partial charge in [-0.25, -0.2) is 8.78 Å². The van der Waals surface area contributed by atoms with E-state index < -0.39 is 0 Å². The zero-order valence-corrected chi connectivity index (χ0v) is 11.4. The molecule has 0 saturated carbocycles. The van der Waals surface area contributed by atoms with Gasteiger partial charge >= 0.3 is 0 Å². The van der Waals surface area contributed by atoms with Gasteiger partial charge in [0.05, 0.1) is 4.47 Å². The quantitative estimate of drug-likeness (QED) is 0.870. The van der Waals surface area contributed by atoms with Crippen LogP contribution in [-0.2, 0) is 6.54 Å². The molecule has 0 bridgehead atoms. The highest BCUT2D eigenvalue weighted by Gasteiger charge is 2.03. The molecule has 0 fully saturated rings. The minimum absolute atomic E-state index is 0.264. The lowest BCUT2D eigenvalue weighted by Crippen LogP contribution is -2.02. The summed E-state index contributed by atoms with van der Waals surface area (Å²) in [6.45, 7) is 2.38. The number of benzene rings is 2. The van der Waals surface area contributed by atoms with Gasteiger partial charge in [-0.05, 0) is 64.3 Å². The van der Waals surface area contributed by atoms with Crippen LogP contribution in [0.15, 0.2) is 40.9 Å². The van der Waals surface area contributed by atoms with Gasteiger partial charge in [0.2, 0.25) is 0 Å². The second kappa shape index (κ2) is 5.48. The van der Waals surface area contributed by atoms with Crippen LogP contribution in [0.1, 0.15) is 11.1 Å². The largest absolute Gasteiger partial charge is 0.381 e. The summed E-state index contributed by atoms with van der Waals surface area (Å²) in [6.07, 6.45) is 0. The molecule has 0 atom stereocenters. The van der Waals surface area contributed by atoms with Crippen LogP contribution in [0.3, 0.4) is 0 Å². The van der Waals surface area contributed by atoms with Crippen molar-refractivity contribution in [2.24, 2.45) is 0 Å². The van der Waals surface area contributed by atoms with Crippen LogP contribution in [-0.4, -0.2) is 0 Å². The Bertz CT molecular complexity index is 570. The van der Waals surface area contributed by atoms with Crippen LogP contribution in [0.2, 0.25) is 0 Å². The Balaban J connectivity index is 2.11. The Morgan fingerprint density at radius 1 is 1.11 bits per heavy atom. The molecule has 1 nitrogen and oxygen atoms in total. The normalized spacial score (nSPS) is 10.4. The minimum Gasteiger partial charge on any atom is -0.381 e. The number of anilines is 1. The maximum absolute atomic E-state index is 13.3. The Kier molecular flexibility index (Phi) is 3.97. The highest BCUT2D eigenvalue weighted by atomic mass is 79.9. The van der Waals surface area contributed by atoms with Crippen molar-refractivity contribution in [1.82, 2.24) is 0 Å². The van der Waals surface area contributed by atoms with Crippen LogP contribution >= 0.6 is 15.9 Å². The lowest BCUT2D eigenvalue weighted by molar-refractivity contribution is 0.621. The first-order valence-corrected chi connectivity index (χ1v) is 6.29. The monoisotopic (exact) mass is 311 g/mol. The van der Waals surface area contributed by atoms with Crippen molar-refractivity contribution in [3.63, 3.8) is 0 Å². The molecule has 2 aromatic carbocycles. The predicted molar refractivity (Wildman–Crippen MR) is 72.6 cm³/mol. The maximum atomic E-state index is 13.3. The van der Waals surface area contributed by atoms with Gasteiger partial charge in [0.15, 0.2) is 0 Å². The molecule has 0 spiro atoms. The van der Waals surface area contributed by atoms with Crippen molar-refractivity contribution >= 4 is 21.6 Å². The van der Waals surface area contributed by atoms with Crippen molar-refractivity contribution in [3.8, 4) is 0 Å². The summed E-state index contributed by atoms with van der Waals surface area (Å²) < 4.78 is 26.8. The summed E-state index contributed by atoms with van der Waals surface area (Å²) in [5.74, 6) is -0.588. The van der Waals surface area contributed by atoms with Crippen molar-refractivity contribution in [2.75, 3.05) is 5.32 Å². The molecule has 0 heterocycles. The van der Waals surface area contributed by atoms with E-state index in [-0.39, 0.29) is 11.6 Å². The van der Waals surface area contributed by atoms with Crippen molar-refractivity contribution < 1.29 is 8.78 Å². The molecular formula is C14H12BrF2N. The number of hydrogen-bond acceptors (Lipinski definition) is 1. The first kappa shape index (κ1) is 13.0. The average molecular weight is 312 g/mol. The van der Waals surface area contributed by atoms with Crippen LogP contribution in [0.5, 0.6) is 0 Å². The highest BCUT2D eigenvalue weighted by molar-refractivity contribution is 9.10. The first-order chi connectivity index (χ1) is 8.56. The number of nitrogens with one attached hydrogen (secondary N) is 1. The lowest BCUT2D eigenvalue weighted by atomic mass is 10.1. The van der Waals surface area contributed by atoms with Gasteiger partial charge in [0, 0.05) is 12.2 Å². The van der Waals surface area contributed by atoms with Crippen LogP contribution in [0, 0.1) is 18.6 Å². The average Bonchev–Trinajstić information content (AvgIpc) is 2.34. The first-order valence-electron chi connectivity index (χ1n) is 5.50. The summed E-state index contributed by atoms with van der Waals surface area (Å²) in [5, 5.41) is 3.07. The van der Waals surface area contributed by atoms with E-state index in [9.17, 15) is 8.78 Å². The van der Waals surface area contributed by atoms with E-state index in [2.05, 4.69) is 21.2 Å². The molecule has 4 heteroatoms. The second-order valence-corrected chi connectivity index (χ2v) is 4.91. The number of hydrogen-bond donors (Lipinski definition) is 1. The third-order valence-electron chi connectivity index (χ3n) is 2.71. The number of rotatable bonds is 3. The van der Waals surface area contributed by atoms with E-state index in [1.165, 1.54) is 18.2 Å². The lowest BCUT2D eigenvalue weighted by Gasteiger charge is -2.09. The molecule has 1 N–H and O–H groups in total. The zero-order valence-electron chi connectivity index (χ0n) is 9.81. The molecule has 0 saturated heterocycles. The van der Waals surface area contributed by atoms with Crippen LogP contribution in [0.25, 0.3) is 0 Å². The third kappa shape index (κ3) is 3.07. The zero-order chi connectivity index (χ0) is 13.1. The summed E-state index contributed by atoms with van der Waals surface area (Å²) in [4.78, 5) is 0. The van der Waals surface area contributed by atoms with Gasteiger partial charge in [-0.3, -0.25) is 0 Å². The molecule has 18 heavy (non-hydrogen) atoms. The highest BCUT2D eigenvalue weighted by Crippen LogP contribution is 2.20. The molecule has 0 radical (unpaired) electrons. The van der Waals surface area contributed by atoms with E-state index in [0.717, 1.165) is 11.1 Å².